The SMILES string of the molecule is CCCCC/C=C\C/C=C\CCCCCCCCCCCC(=O)OCCCCCCCCCCCCCCCCC/C=C\C/C=C\CCCCCCCCCCCCCCCCCCCC(=O)NC(COC1OC(CO)C(O)C(O)C1O)C(O)/C=C/CC/C=C/CCCCCCCCCC. The van der Waals surface area contributed by atoms with Crippen LogP contribution < -0.4 is 5.32 Å². The second-order valence-electron chi connectivity index (χ2n) is 29.9. The van der Waals surface area contributed by atoms with Crippen molar-refractivity contribution in [2.75, 3.05) is 19.8 Å². The highest BCUT2D eigenvalue weighted by atomic mass is 16.7. The van der Waals surface area contributed by atoms with Crippen LogP contribution in [0.15, 0.2) is 72.9 Å². The van der Waals surface area contributed by atoms with Crippen molar-refractivity contribution in [1.82, 2.24) is 5.32 Å². The first-order chi connectivity index (χ1) is 49.2. The van der Waals surface area contributed by atoms with Crippen molar-refractivity contribution in [3.63, 3.8) is 0 Å². The van der Waals surface area contributed by atoms with Crippen molar-refractivity contribution >= 4 is 11.9 Å². The number of aliphatic hydroxyl groups is 5. The van der Waals surface area contributed by atoms with E-state index in [1.54, 1.807) is 6.08 Å². The molecule has 1 fully saturated rings. The lowest BCUT2D eigenvalue weighted by molar-refractivity contribution is -0.302. The number of allylic oxidation sites excluding steroid dienone is 11. The van der Waals surface area contributed by atoms with Gasteiger partial charge in [-0.1, -0.05) is 369 Å². The van der Waals surface area contributed by atoms with E-state index in [1.165, 1.54) is 321 Å². The van der Waals surface area contributed by atoms with Crippen LogP contribution in [0.2, 0.25) is 0 Å². The number of esters is 1. The van der Waals surface area contributed by atoms with E-state index in [0.717, 1.165) is 70.6 Å². The topological polar surface area (TPSA) is 175 Å². The highest BCUT2D eigenvalue weighted by Gasteiger charge is 2.44. The van der Waals surface area contributed by atoms with Gasteiger partial charge in [0.2, 0.25) is 5.91 Å². The van der Waals surface area contributed by atoms with E-state index in [1.807, 2.05) is 6.08 Å². The van der Waals surface area contributed by atoms with Crippen LogP contribution in [-0.4, -0.2) is 100 Å². The lowest BCUT2D eigenvalue weighted by atomic mass is 9.99. The zero-order valence-corrected chi connectivity index (χ0v) is 65.4. The number of carbonyl (C=O) groups excluding carboxylic acids is 2. The Morgan fingerprint density at radius 3 is 1.07 bits per heavy atom. The molecule has 1 aliphatic heterocycles. The van der Waals surface area contributed by atoms with Crippen molar-refractivity contribution in [3.05, 3.63) is 72.9 Å². The van der Waals surface area contributed by atoms with E-state index in [-0.39, 0.29) is 18.5 Å². The summed E-state index contributed by atoms with van der Waals surface area (Å²) < 4.78 is 16.8. The highest BCUT2D eigenvalue weighted by molar-refractivity contribution is 5.76. The fraction of sp³-hybridized carbons (Fsp3) is 0.843. The molecule has 0 aromatic carbocycles. The largest absolute Gasteiger partial charge is 0.466 e. The molecule has 11 nitrogen and oxygen atoms in total. The Morgan fingerprint density at radius 1 is 0.370 bits per heavy atom. The lowest BCUT2D eigenvalue weighted by Crippen LogP contribution is -2.60. The zero-order valence-electron chi connectivity index (χ0n) is 65.4. The summed E-state index contributed by atoms with van der Waals surface area (Å²) >= 11 is 0. The van der Waals surface area contributed by atoms with Crippen LogP contribution in [0.4, 0.5) is 0 Å². The molecule has 7 atom stereocenters. The van der Waals surface area contributed by atoms with Gasteiger partial charge < -0.3 is 45.1 Å². The molecule has 0 bridgehead atoms. The van der Waals surface area contributed by atoms with E-state index in [0.29, 0.717) is 19.4 Å². The third kappa shape index (κ3) is 64.7. The van der Waals surface area contributed by atoms with Crippen molar-refractivity contribution in [3.8, 4) is 0 Å². The van der Waals surface area contributed by atoms with Gasteiger partial charge in [-0.25, -0.2) is 0 Å². The number of carbonyl (C=O) groups is 2. The van der Waals surface area contributed by atoms with Crippen LogP contribution in [-0.2, 0) is 23.8 Å². The number of hydrogen-bond acceptors (Lipinski definition) is 10. The maximum absolute atomic E-state index is 13.1. The van der Waals surface area contributed by atoms with Crippen molar-refractivity contribution in [2.45, 2.75) is 461 Å². The summed E-state index contributed by atoms with van der Waals surface area (Å²) in [5.41, 5.74) is 0. The smallest absolute Gasteiger partial charge is 0.305 e. The second kappa shape index (κ2) is 77.2. The van der Waals surface area contributed by atoms with Crippen LogP contribution >= 0.6 is 0 Å². The Morgan fingerprint density at radius 2 is 0.680 bits per heavy atom. The van der Waals surface area contributed by atoms with Gasteiger partial charge in [0.05, 0.1) is 32.0 Å². The number of amides is 1. The molecule has 0 radical (unpaired) electrons. The molecule has 6 N–H and O–H groups in total. The monoisotopic (exact) mass is 1410 g/mol. The summed E-state index contributed by atoms with van der Waals surface area (Å²) in [4.78, 5) is 25.2. The molecule has 0 aromatic rings. The van der Waals surface area contributed by atoms with E-state index < -0.39 is 49.5 Å². The van der Waals surface area contributed by atoms with E-state index in [4.69, 9.17) is 14.2 Å². The number of rotatable bonds is 77. The van der Waals surface area contributed by atoms with Gasteiger partial charge >= 0.3 is 5.97 Å². The number of hydrogen-bond donors (Lipinski definition) is 6. The molecule has 0 saturated carbocycles. The summed E-state index contributed by atoms with van der Waals surface area (Å²) in [6.07, 6.45) is 96.7. The van der Waals surface area contributed by atoms with Gasteiger partial charge in [-0.2, -0.15) is 0 Å². The molecule has 0 aromatic heterocycles. The molecule has 11 heteroatoms. The van der Waals surface area contributed by atoms with Gasteiger partial charge in [0, 0.05) is 12.8 Å². The minimum Gasteiger partial charge on any atom is -0.466 e. The van der Waals surface area contributed by atoms with Gasteiger partial charge in [0.25, 0.3) is 0 Å². The summed E-state index contributed by atoms with van der Waals surface area (Å²) in [5, 5.41) is 54.6. The first kappa shape index (κ1) is 95.1. The van der Waals surface area contributed by atoms with Crippen molar-refractivity contribution < 1.29 is 49.3 Å². The summed E-state index contributed by atoms with van der Waals surface area (Å²) in [6, 6.07) is -0.827. The molecular formula is C89H163NO10. The van der Waals surface area contributed by atoms with Gasteiger partial charge in [-0.15, -0.1) is 0 Å². The molecular weight excluding hydrogens is 1240 g/mol. The molecule has 0 aliphatic carbocycles. The average Bonchev–Trinajstić information content (AvgIpc) is 0.822. The van der Waals surface area contributed by atoms with E-state index in [9.17, 15) is 35.1 Å². The van der Waals surface area contributed by atoms with Gasteiger partial charge in [0.1, 0.15) is 24.4 Å². The lowest BCUT2D eigenvalue weighted by Gasteiger charge is -2.40. The Labute approximate surface area is 617 Å². The molecule has 1 aliphatic rings. The Bertz CT molecular complexity index is 1900. The minimum absolute atomic E-state index is 0.0109. The number of aliphatic hydroxyl groups excluding tert-OH is 5. The summed E-state index contributed by atoms with van der Waals surface area (Å²) in [5.74, 6) is -0.176. The Hall–Kier alpha value is -2.90. The number of ether oxygens (including phenoxy) is 3. The maximum atomic E-state index is 13.1. The van der Waals surface area contributed by atoms with Gasteiger partial charge in [-0.05, 0) is 109 Å². The Kier molecular flexibility index (Phi) is 73.4. The molecule has 1 saturated heterocycles. The van der Waals surface area contributed by atoms with Gasteiger partial charge in [-0.3, -0.25) is 9.59 Å². The van der Waals surface area contributed by atoms with E-state index in [2.05, 4.69) is 79.9 Å². The standard InChI is InChI=1S/C89H163NO10/c1-3-5-7-9-11-13-15-17-19-20-42-46-49-53-57-61-65-69-73-77-85(94)98-78-74-70-66-62-58-54-50-47-44-41-39-37-35-33-31-29-27-25-23-21-22-24-26-28-30-32-34-36-38-40-43-45-48-52-56-60-64-68-72-76-84(93)90-81(80-99-89-88(97)87(96)86(95)83(79-91)100-89)82(92)75-71-67-63-59-55-51-18-16-14-12-10-8-6-4-2/h11,13,17,19,21-22,25,27,55,59,71,75,81-83,86-89,91-92,95-97H,3-10,12,14-16,18,20,23-24,26,28-54,56-58,60-70,72-74,76-80H2,1-2H3,(H,90,93)/b13-11-,19-17-,22-21-,27-25-,59-55+,75-71+. The quantitative estimate of drug-likeness (QED) is 0.0195. The average molecular weight is 1410 g/mol. The first-order valence-electron chi connectivity index (χ1n) is 43.2. The molecule has 0 spiro atoms. The van der Waals surface area contributed by atoms with Crippen molar-refractivity contribution in [1.29, 1.82) is 0 Å². The van der Waals surface area contributed by atoms with E-state index >= 15 is 0 Å². The molecule has 7 unspecified atom stereocenters. The summed E-state index contributed by atoms with van der Waals surface area (Å²) in [7, 11) is 0. The predicted octanol–water partition coefficient (Wildman–Crippen LogP) is 24.1. The normalized spacial score (nSPS) is 17.4. The first-order valence-corrected chi connectivity index (χ1v) is 43.2. The third-order valence-electron chi connectivity index (χ3n) is 20.3. The Balaban J connectivity index is 1.89. The third-order valence-corrected chi connectivity index (χ3v) is 20.3. The molecule has 1 amide bonds. The second-order valence-corrected chi connectivity index (χ2v) is 29.9. The highest BCUT2D eigenvalue weighted by Crippen LogP contribution is 2.24. The van der Waals surface area contributed by atoms with Crippen LogP contribution in [0.25, 0.3) is 0 Å². The summed E-state index contributed by atoms with van der Waals surface area (Å²) in [6.45, 7) is 4.35. The fourth-order valence-corrected chi connectivity index (χ4v) is 13.5. The van der Waals surface area contributed by atoms with Crippen molar-refractivity contribution in [2.24, 2.45) is 0 Å². The molecule has 584 valence electrons. The number of unbranched alkanes of at least 4 members (excludes halogenated alkanes) is 53. The predicted molar refractivity (Wildman–Crippen MR) is 426 cm³/mol. The fourth-order valence-electron chi connectivity index (χ4n) is 13.5. The van der Waals surface area contributed by atoms with Crippen LogP contribution in [0, 0.1) is 0 Å². The zero-order chi connectivity index (χ0) is 72.2. The molecule has 100 heavy (non-hydrogen) atoms. The van der Waals surface area contributed by atoms with Crippen LogP contribution in [0.5, 0.6) is 0 Å². The van der Waals surface area contributed by atoms with Crippen LogP contribution in [0.3, 0.4) is 0 Å². The maximum Gasteiger partial charge on any atom is 0.305 e. The molecule has 1 rings (SSSR count). The van der Waals surface area contributed by atoms with Crippen LogP contribution in [0.1, 0.15) is 418 Å². The minimum atomic E-state index is -1.58. The van der Waals surface area contributed by atoms with Gasteiger partial charge in [0.15, 0.2) is 6.29 Å². The number of nitrogens with one attached hydrogen (secondary N) is 1. The molecule has 1 heterocycles.